The van der Waals surface area contributed by atoms with Gasteiger partial charge in [0.05, 0.1) is 6.61 Å². The summed E-state index contributed by atoms with van der Waals surface area (Å²) in [7, 11) is 0. The molecule has 0 unspecified atom stereocenters. The highest BCUT2D eigenvalue weighted by Gasteiger charge is 2.20. The van der Waals surface area contributed by atoms with Gasteiger partial charge in [-0.15, -0.1) is 0 Å². The van der Waals surface area contributed by atoms with Crippen LogP contribution in [0.2, 0.25) is 0 Å². The lowest BCUT2D eigenvalue weighted by molar-refractivity contribution is 0.290. The highest BCUT2D eigenvalue weighted by molar-refractivity contribution is 5.83. The zero-order valence-corrected chi connectivity index (χ0v) is 13.6. The van der Waals surface area contributed by atoms with Gasteiger partial charge in [-0.05, 0) is 18.4 Å². The van der Waals surface area contributed by atoms with Gasteiger partial charge in [0.1, 0.15) is 34.8 Å². The van der Waals surface area contributed by atoms with Gasteiger partial charge >= 0.3 is 0 Å². The van der Waals surface area contributed by atoms with Crippen molar-refractivity contribution in [1.82, 2.24) is 4.98 Å². The van der Waals surface area contributed by atoms with Gasteiger partial charge in [-0.3, -0.25) is 4.79 Å². The number of rotatable bonds is 5. The van der Waals surface area contributed by atoms with Crippen molar-refractivity contribution in [2.45, 2.75) is 20.3 Å². The summed E-state index contributed by atoms with van der Waals surface area (Å²) in [4.78, 5) is 14.4. The Kier molecular flexibility index (Phi) is 5.23. The normalized spacial score (nSPS) is 10.2. The quantitative estimate of drug-likeness (QED) is 0.878. The summed E-state index contributed by atoms with van der Waals surface area (Å²) in [5.74, 6) is 0.932. The summed E-state index contributed by atoms with van der Waals surface area (Å²) in [6, 6.07) is 10.8. The first-order chi connectivity index (χ1) is 11.5. The molecule has 0 atom stereocenters. The molecule has 6 heteroatoms. The van der Waals surface area contributed by atoms with Crippen molar-refractivity contribution in [3.8, 4) is 29.0 Å². The first kappa shape index (κ1) is 17.1. The second-order valence-corrected chi connectivity index (χ2v) is 5.74. The van der Waals surface area contributed by atoms with Crippen LogP contribution in [0, 0.1) is 28.6 Å². The largest absolute Gasteiger partial charge is 0.493 e. The van der Waals surface area contributed by atoms with Gasteiger partial charge in [-0.2, -0.15) is 10.5 Å². The third kappa shape index (κ3) is 3.39. The molecule has 6 nitrogen and oxygen atoms in total. The fourth-order valence-electron chi connectivity index (χ4n) is 2.32. The molecule has 2 aromatic rings. The van der Waals surface area contributed by atoms with Crippen LogP contribution in [0.4, 0.5) is 5.82 Å². The van der Waals surface area contributed by atoms with Gasteiger partial charge in [0.2, 0.25) is 0 Å². The Bertz CT molecular complexity index is 885. The Balaban J connectivity index is 2.63. The van der Waals surface area contributed by atoms with Crippen LogP contribution in [0.1, 0.15) is 31.4 Å². The number of nitrogens with zero attached hydrogens (tertiary/aromatic N) is 2. The van der Waals surface area contributed by atoms with Crippen LogP contribution in [-0.2, 0) is 0 Å². The Morgan fingerprint density at radius 1 is 1.21 bits per heavy atom. The zero-order chi connectivity index (χ0) is 17.7. The van der Waals surface area contributed by atoms with Crippen molar-refractivity contribution < 1.29 is 4.74 Å². The standard InChI is InChI=1S/C18H18N4O2/c1-11(2)7-8-24-15-6-4-3-5-12(15)16-13(9-19)17(21)22-18(23)14(16)10-20/h3-6,11H,7-8H2,1-2H3,(H3,21,22,23). The number of hydrogen-bond acceptors (Lipinski definition) is 5. The number of nitriles is 2. The number of hydrogen-bond donors (Lipinski definition) is 2. The summed E-state index contributed by atoms with van der Waals surface area (Å²) in [5, 5.41) is 18.8. The molecule has 0 saturated carbocycles. The molecular formula is C18H18N4O2. The maximum absolute atomic E-state index is 12.0. The Labute approximate surface area is 140 Å². The molecule has 1 heterocycles. The summed E-state index contributed by atoms with van der Waals surface area (Å²) >= 11 is 0. The minimum absolute atomic E-state index is 0.0612. The molecule has 0 aliphatic carbocycles. The number of aromatic amines is 1. The first-order valence-corrected chi connectivity index (χ1v) is 7.57. The highest BCUT2D eigenvalue weighted by Crippen LogP contribution is 2.35. The number of para-hydroxylation sites is 1. The van der Waals surface area contributed by atoms with Gasteiger partial charge in [0.15, 0.2) is 0 Å². The lowest BCUT2D eigenvalue weighted by Gasteiger charge is -2.15. The van der Waals surface area contributed by atoms with E-state index in [-0.39, 0.29) is 22.5 Å². The third-order valence-corrected chi connectivity index (χ3v) is 3.58. The smallest absolute Gasteiger partial charge is 0.268 e. The molecule has 0 aliphatic rings. The van der Waals surface area contributed by atoms with Crippen molar-refractivity contribution >= 4 is 5.82 Å². The average Bonchev–Trinajstić information content (AvgIpc) is 2.54. The minimum Gasteiger partial charge on any atom is -0.493 e. The fourth-order valence-corrected chi connectivity index (χ4v) is 2.32. The van der Waals surface area contributed by atoms with Crippen LogP contribution in [0.15, 0.2) is 29.1 Å². The molecule has 0 aliphatic heterocycles. The number of pyridine rings is 1. The van der Waals surface area contributed by atoms with E-state index in [0.717, 1.165) is 6.42 Å². The number of anilines is 1. The molecule has 1 aromatic heterocycles. The monoisotopic (exact) mass is 322 g/mol. The average molecular weight is 322 g/mol. The molecule has 0 radical (unpaired) electrons. The Hall–Kier alpha value is -3.25. The van der Waals surface area contributed by atoms with Crippen LogP contribution < -0.4 is 16.0 Å². The van der Waals surface area contributed by atoms with Gasteiger partial charge < -0.3 is 15.5 Å². The zero-order valence-electron chi connectivity index (χ0n) is 13.6. The van der Waals surface area contributed by atoms with Crippen LogP contribution in [0.25, 0.3) is 11.1 Å². The van der Waals surface area contributed by atoms with E-state index in [4.69, 9.17) is 10.5 Å². The van der Waals surface area contributed by atoms with Crippen LogP contribution >= 0.6 is 0 Å². The van der Waals surface area contributed by atoms with Crippen molar-refractivity contribution in [1.29, 1.82) is 10.5 Å². The lowest BCUT2D eigenvalue weighted by Crippen LogP contribution is -2.16. The minimum atomic E-state index is -0.624. The fraction of sp³-hybridized carbons (Fsp3) is 0.278. The summed E-state index contributed by atoms with van der Waals surface area (Å²) in [6.07, 6.45) is 0.863. The maximum atomic E-state index is 12.0. The van der Waals surface area contributed by atoms with E-state index in [1.54, 1.807) is 24.3 Å². The molecule has 0 fully saturated rings. The van der Waals surface area contributed by atoms with E-state index >= 15 is 0 Å². The van der Waals surface area contributed by atoms with Crippen LogP contribution in [0.5, 0.6) is 5.75 Å². The van der Waals surface area contributed by atoms with E-state index in [9.17, 15) is 15.3 Å². The van der Waals surface area contributed by atoms with E-state index in [1.807, 2.05) is 12.1 Å². The predicted octanol–water partition coefficient (Wildman–Crippen LogP) is 2.79. The van der Waals surface area contributed by atoms with Gasteiger partial charge in [-0.25, -0.2) is 0 Å². The number of aromatic nitrogens is 1. The van der Waals surface area contributed by atoms with E-state index in [2.05, 4.69) is 18.8 Å². The Morgan fingerprint density at radius 3 is 2.50 bits per heavy atom. The predicted molar refractivity (Wildman–Crippen MR) is 91.3 cm³/mol. The third-order valence-electron chi connectivity index (χ3n) is 3.58. The van der Waals surface area contributed by atoms with Gasteiger partial charge in [0, 0.05) is 11.1 Å². The van der Waals surface area contributed by atoms with Crippen molar-refractivity contribution in [3.05, 3.63) is 45.7 Å². The second kappa shape index (κ2) is 7.34. The number of benzene rings is 1. The number of H-pyrrole nitrogens is 1. The molecular weight excluding hydrogens is 304 g/mol. The maximum Gasteiger partial charge on any atom is 0.268 e. The summed E-state index contributed by atoms with van der Waals surface area (Å²) in [5.41, 5.74) is 5.76. The lowest BCUT2D eigenvalue weighted by atomic mass is 9.96. The number of nitrogen functional groups attached to an aromatic ring is 1. The van der Waals surface area contributed by atoms with Crippen molar-refractivity contribution in [2.75, 3.05) is 12.3 Å². The van der Waals surface area contributed by atoms with Crippen molar-refractivity contribution in [2.24, 2.45) is 5.92 Å². The number of ether oxygens (including phenoxy) is 1. The van der Waals surface area contributed by atoms with Crippen LogP contribution in [-0.4, -0.2) is 11.6 Å². The first-order valence-electron chi connectivity index (χ1n) is 7.57. The molecule has 0 saturated heterocycles. The molecule has 2 rings (SSSR count). The summed E-state index contributed by atoms with van der Waals surface area (Å²) < 4.78 is 5.81. The number of nitrogens with one attached hydrogen (secondary N) is 1. The molecule has 0 spiro atoms. The van der Waals surface area contributed by atoms with Gasteiger partial charge in [0.25, 0.3) is 5.56 Å². The topological polar surface area (TPSA) is 116 Å². The molecule has 1 aromatic carbocycles. The molecule has 3 N–H and O–H groups in total. The second-order valence-electron chi connectivity index (χ2n) is 5.74. The molecule has 0 bridgehead atoms. The molecule has 24 heavy (non-hydrogen) atoms. The van der Waals surface area contributed by atoms with Crippen molar-refractivity contribution in [3.63, 3.8) is 0 Å². The van der Waals surface area contributed by atoms with E-state index in [0.29, 0.717) is 23.8 Å². The number of nitrogens with two attached hydrogens (primary N) is 1. The summed E-state index contributed by atoms with van der Waals surface area (Å²) in [6.45, 7) is 4.68. The molecule has 122 valence electrons. The van der Waals surface area contributed by atoms with E-state index < -0.39 is 5.56 Å². The molecule has 0 amide bonds. The Morgan fingerprint density at radius 2 is 1.88 bits per heavy atom. The van der Waals surface area contributed by atoms with Crippen LogP contribution in [0.3, 0.4) is 0 Å². The van der Waals surface area contributed by atoms with Gasteiger partial charge in [-0.1, -0.05) is 32.0 Å². The SMILES string of the molecule is CC(C)CCOc1ccccc1-c1c(C#N)c(N)[nH]c(=O)c1C#N. The highest BCUT2D eigenvalue weighted by atomic mass is 16.5. The van der Waals surface area contributed by atoms with E-state index in [1.165, 1.54) is 0 Å².